The van der Waals surface area contributed by atoms with Gasteiger partial charge in [0.1, 0.15) is 0 Å². The van der Waals surface area contributed by atoms with E-state index >= 15 is 0 Å². The number of piperidine rings is 1. The SMILES string of the molecule is Cn1[nH]c(CC2CCNCC2)cc1=O. The lowest BCUT2D eigenvalue weighted by Crippen LogP contribution is -2.28. The zero-order chi connectivity index (χ0) is 9.97. The molecule has 0 radical (unpaired) electrons. The van der Waals surface area contributed by atoms with Crippen LogP contribution in [0.15, 0.2) is 10.9 Å². The van der Waals surface area contributed by atoms with Gasteiger partial charge in [0, 0.05) is 18.8 Å². The van der Waals surface area contributed by atoms with Gasteiger partial charge < -0.3 is 5.32 Å². The molecular formula is C10H17N3O. The number of hydrogen-bond donors (Lipinski definition) is 2. The van der Waals surface area contributed by atoms with Gasteiger partial charge in [-0.15, -0.1) is 0 Å². The van der Waals surface area contributed by atoms with E-state index in [1.165, 1.54) is 17.5 Å². The fourth-order valence-corrected chi connectivity index (χ4v) is 2.05. The largest absolute Gasteiger partial charge is 0.317 e. The second-order valence-electron chi connectivity index (χ2n) is 4.08. The third kappa shape index (κ3) is 2.07. The fourth-order valence-electron chi connectivity index (χ4n) is 2.05. The zero-order valence-electron chi connectivity index (χ0n) is 8.55. The topological polar surface area (TPSA) is 49.8 Å². The number of rotatable bonds is 2. The summed E-state index contributed by atoms with van der Waals surface area (Å²) in [7, 11) is 1.76. The first kappa shape index (κ1) is 9.52. The lowest BCUT2D eigenvalue weighted by molar-refractivity contribution is 0.369. The highest BCUT2D eigenvalue weighted by Gasteiger charge is 2.14. The highest BCUT2D eigenvalue weighted by molar-refractivity contribution is 5.00. The van der Waals surface area contributed by atoms with E-state index in [2.05, 4.69) is 10.4 Å². The van der Waals surface area contributed by atoms with Gasteiger partial charge in [0.25, 0.3) is 5.56 Å². The first-order valence-corrected chi connectivity index (χ1v) is 5.21. The fraction of sp³-hybridized carbons (Fsp3) is 0.700. The summed E-state index contributed by atoms with van der Waals surface area (Å²) in [6, 6.07) is 1.71. The Labute approximate surface area is 83.3 Å². The maximum Gasteiger partial charge on any atom is 0.266 e. The summed E-state index contributed by atoms with van der Waals surface area (Å²) in [5, 5.41) is 6.42. The van der Waals surface area contributed by atoms with Crippen LogP contribution in [-0.4, -0.2) is 22.9 Å². The minimum Gasteiger partial charge on any atom is -0.317 e. The van der Waals surface area contributed by atoms with E-state index in [4.69, 9.17) is 0 Å². The maximum atomic E-state index is 11.2. The van der Waals surface area contributed by atoms with Crippen molar-refractivity contribution < 1.29 is 0 Å². The Balaban J connectivity index is 1.99. The molecule has 0 amide bonds. The summed E-state index contributed by atoms with van der Waals surface area (Å²) < 4.78 is 1.54. The van der Waals surface area contributed by atoms with E-state index in [1.807, 2.05) is 0 Å². The van der Waals surface area contributed by atoms with Crippen LogP contribution in [0.4, 0.5) is 0 Å². The van der Waals surface area contributed by atoms with Crippen molar-refractivity contribution >= 4 is 0 Å². The molecule has 1 aromatic heterocycles. The molecule has 2 heterocycles. The maximum absolute atomic E-state index is 11.2. The van der Waals surface area contributed by atoms with Crippen molar-refractivity contribution in [3.63, 3.8) is 0 Å². The molecule has 0 aliphatic carbocycles. The van der Waals surface area contributed by atoms with Gasteiger partial charge in [0.2, 0.25) is 0 Å². The molecule has 1 aliphatic heterocycles. The zero-order valence-corrected chi connectivity index (χ0v) is 8.55. The van der Waals surface area contributed by atoms with Crippen molar-refractivity contribution in [2.75, 3.05) is 13.1 Å². The molecule has 4 nitrogen and oxygen atoms in total. The van der Waals surface area contributed by atoms with E-state index in [1.54, 1.807) is 13.1 Å². The molecule has 1 fully saturated rings. The van der Waals surface area contributed by atoms with Crippen molar-refractivity contribution in [1.29, 1.82) is 0 Å². The average Bonchev–Trinajstić information content (AvgIpc) is 2.47. The van der Waals surface area contributed by atoms with Gasteiger partial charge in [-0.25, -0.2) is 0 Å². The minimum atomic E-state index is 0.0638. The standard InChI is InChI=1S/C10H17N3O/c1-13-10(14)7-9(12-13)6-8-2-4-11-5-3-8/h7-8,11-12H,2-6H2,1H3. The molecule has 0 bridgehead atoms. The van der Waals surface area contributed by atoms with Gasteiger partial charge in [0.05, 0.1) is 0 Å². The molecule has 0 spiro atoms. The highest BCUT2D eigenvalue weighted by Crippen LogP contribution is 2.15. The molecule has 0 atom stereocenters. The van der Waals surface area contributed by atoms with Crippen LogP contribution in [0.1, 0.15) is 18.5 Å². The Morgan fingerprint density at radius 2 is 2.21 bits per heavy atom. The van der Waals surface area contributed by atoms with E-state index in [-0.39, 0.29) is 5.56 Å². The van der Waals surface area contributed by atoms with Crippen LogP contribution < -0.4 is 10.9 Å². The van der Waals surface area contributed by atoms with E-state index in [9.17, 15) is 4.79 Å². The molecule has 1 aromatic rings. The van der Waals surface area contributed by atoms with Gasteiger partial charge in [-0.3, -0.25) is 14.6 Å². The summed E-state index contributed by atoms with van der Waals surface area (Å²) in [6.07, 6.45) is 3.45. The number of nitrogens with one attached hydrogen (secondary N) is 2. The van der Waals surface area contributed by atoms with Gasteiger partial charge in [-0.1, -0.05) is 0 Å². The molecule has 0 saturated carbocycles. The average molecular weight is 195 g/mol. The van der Waals surface area contributed by atoms with Gasteiger partial charge in [-0.2, -0.15) is 0 Å². The third-order valence-electron chi connectivity index (χ3n) is 2.91. The summed E-state index contributed by atoms with van der Waals surface area (Å²) in [4.78, 5) is 11.2. The first-order valence-electron chi connectivity index (χ1n) is 5.21. The number of aromatic nitrogens is 2. The van der Waals surface area contributed by atoms with Gasteiger partial charge in [0.15, 0.2) is 0 Å². The van der Waals surface area contributed by atoms with Crippen LogP contribution >= 0.6 is 0 Å². The molecule has 4 heteroatoms. The number of hydrogen-bond acceptors (Lipinski definition) is 2. The number of aromatic amines is 1. The van der Waals surface area contributed by atoms with Crippen molar-refractivity contribution in [1.82, 2.24) is 15.1 Å². The molecule has 78 valence electrons. The van der Waals surface area contributed by atoms with Crippen molar-refractivity contribution in [2.45, 2.75) is 19.3 Å². The second kappa shape index (κ2) is 4.00. The minimum absolute atomic E-state index is 0.0638. The predicted octanol–water partition coefficient (Wildman–Crippen LogP) is 0.255. The number of aryl methyl sites for hydroxylation is 1. The Bertz CT molecular complexity index is 346. The highest BCUT2D eigenvalue weighted by atomic mass is 16.1. The van der Waals surface area contributed by atoms with Crippen LogP contribution in [0.25, 0.3) is 0 Å². The monoisotopic (exact) mass is 195 g/mol. The normalized spacial score (nSPS) is 18.6. The van der Waals surface area contributed by atoms with Crippen molar-refractivity contribution in [3.8, 4) is 0 Å². The quantitative estimate of drug-likeness (QED) is 0.711. The van der Waals surface area contributed by atoms with Gasteiger partial charge >= 0.3 is 0 Å². The third-order valence-corrected chi connectivity index (χ3v) is 2.91. The number of H-pyrrole nitrogens is 1. The molecule has 1 saturated heterocycles. The first-order chi connectivity index (χ1) is 6.75. The Hall–Kier alpha value is -1.03. The Kier molecular flexibility index (Phi) is 2.72. The van der Waals surface area contributed by atoms with Gasteiger partial charge in [-0.05, 0) is 38.3 Å². The Morgan fingerprint density at radius 3 is 2.79 bits per heavy atom. The summed E-state index contributed by atoms with van der Waals surface area (Å²) in [6.45, 7) is 2.23. The van der Waals surface area contributed by atoms with Crippen molar-refractivity contribution in [2.24, 2.45) is 13.0 Å². The predicted molar refractivity (Wildman–Crippen MR) is 55.3 cm³/mol. The van der Waals surface area contributed by atoms with E-state index < -0.39 is 0 Å². The molecule has 2 rings (SSSR count). The Morgan fingerprint density at radius 1 is 1.50 bits per heavy atom. The smallest absolute Gasteiger partial charge is 0.266 e. The summed E-state index contributed by atoms with van der Waals surface area (Å²) in [5.41, 5.74) is 1.14. The van der Waals surface area contributed by atoms with Crippen LogP contribution in [0.2, 0.25) is 0 Å². The molecule has 0 unspecified atom stereocenters. The van der Waals surface area contributed by atoms with Crippen LogP contribution in [0.3, 0.4) is 0 Å². The molecule has 1 aliphatic rings. The molecule has 14 heavy (non-hydrogen) atoms. The van der Waals surface area contributed by atoms with E-state index in [0.717, 1.165) is 31.1 Å². The molecular weight excluding hydrogens is 178 g/mol. The van der Waals surface area contributed by atoms with E-state index in [0.29, 0.717) is 0 Å². The van der Waals surface area contributed by atoms with Crippen molar-refractivity contribution in [3.05, 3.63) is 22.1 Å². The molecule has 2 N–H and O–H groups in total. The number of nitrogens with zero attached hydrogens (tertiary/aromatic N) is 1. The summed E-state index contributed by atoms with van der Waals surface area (Å²) in [5.74, 6) is 0.731. The second-order valence-corrected chi connectivity index (χ2v) is 4.08. The lowest BCUT2D eigenvalue weighted by Gasteiger charge is -2.21. The lowest BCUT2D eigenvalue weighted by atomic mass is 9.93. The summed E-state index contributed by atoms with van der Waals surface area (Å²) >= 11 is 0. The van der Waals surface area contributed by atoms with Crippen LogP contribution in [0.5, 0.6) is 0 Å². The van der Waals surface area contributed by atoms with Crippen LogP contribution in [-0.2, 0) is 13.5 Å². The molecule has 0 aromatic carbocycles. The van der Waals surface area contributed by atoms with Crippen LogP contribution in [0, 0.1) is 5.92 Å².